The average Bonchev–Trinajstić information content (AvgIpc) is 2.65. The van der Waals surface area contributed by atoms with E-state index in [0.29, 0.717) is 11.1 Å². The van der Waals surface area contributed by atoms with Crippen molar-refractivity contribution in [1.82, 2.24) is 0 Å². The van der Waals surface area contributed by atoms with Crippen molar-refractivity contribution < 1.29 is 14.3 Å². The molecule has 0 N–H and O–H groups in total. The van der Waals surface area contributed by atoms with Crippen LogP contribution in [0.2, 0.25) is 0 Å². The molecule has 0 saturated heterocycles. The van der Waals surface area contributed by atoms with E-state index in [4.69, 9.17) is 4.74 Å². The molecule has 0 heterocycles. The summed E-state index contributed by atoms with van der Waals surface area (Å²) in [6.45, 7) is 2.19. The van der Waals surface area contributed by atoms with E-state index in [1.54, 1.807) is 42.1 Å². The van der Waals surface area contributed by atoms with Gasteiger partial charge in [0, 0.05) is 4.90 Å². The Morgan fingerprint density at radius 1 is 0.920 bits per heavy atom. The van der Waals surface area contributed by atoms with Gasteiger partial charge in [0.2, 0.25) is 0 Å². The SMILES string of the molecule is CCCCCCc1cc(SC)cc(C(=O)OC(=O)c2ccccc2)c1. The lowest BCUT2D eigenvalue weighted by molar-refractivity contribution is 0.0397. The molecule has 2 aromatic carbocycles. The molecular formula is C21H24O3S. The molecule has 2 rings (SSSR count). The van der Waals surface area contributed by atoms with E-state index in [2.05, 4.69) is 13.0 Å². The van der Waals surface area contributed by atoms with Crippen molar-refractivity contribution in [2.24, 2.45) is 0 Å². The summed E-state index contributed by atoms with van der Waals surface area (Å²) in [5.74, 6) is -1.22. The van der Waals surface area contributed by atoms with Crippen molar-refractivity contribution in [1.29, 1.82) is 0 Å². The topological polar surface area (TPSA) is 43.4 Å². The molecule has 0 bridgehead atoms. The van der Waals surface area contributed by atoms with Crippen molar-refractivity contribution in [3.63, 3.8) is 0 Å². The molecule has 25 heavy (non-hydrogen) atoms. The number of hydrogen-bond donors (Lipinski definition) is 0. The number of carbonyl (C=O) groups excluding carboxylic acids is 2. The summed E-state index contributed by atoms with van der Waals surface area (Å²) in [5.41, 5.74) is 1.92. The van der Waals surface area contributed by atoms with Crippen LogP contribution >= 0.6 is 11.8 Å². The van der Waals surface area contributed by atoms with E-state index >= 15 is 0 Å². The molecule has 0 fully saturated rings. The van der Waals surface area contributed by atoms with E-state index in [1.807, 2.05) is 18.4 Å². The zero-order chi connectivity index (χ0) is 18.1. The molecule has 0 unspecified atom stereocenters. The molecule has 0 aliphatic heterocycles. The Morgan fingerprint density at radius 3 is 2.32 bits per heavy atom. The fourth-order valence-electron chi connectivity index (χ4n) is 2.57. The first-order valence-electron chi connectivity index (χ1n) is 8.63. The number of carbonyl (C=O) groups is 2. The summed E-state index contributed by atoms with van der Waals surface area (Å²) in [4.78, 5) is 25.4. The highest BCUT2D eigenvalue weighted by molar-refractivity contribution is 7.98. The minimum Gasteiger partial charge on any atom is -0.386 e. The third kappa shape index (κ3) is 6.05. The van der Waals surface area contributed by atoms with Crippen molar-refractivity contribution in [3.8, 4) is 0 Å². The maximum absolute atomic E-state index is 12.4. The van der Waals surface area contributed by atoms with Gasteiger partial charge in [-0.05, 0) is 55.0 Å². The van der Waals surface area contributed by atoms with Crippen LogP contribution in [0.5, 0.6) is 0 Å². The fourth-order valence-corrected chi connectivity index (χ4v) is 3.09. The number of unbranched alkanes of at least 4 members (excludes halogenated alkanes) is 3. The van der Waals surface area contributed by atoms with Crippen LogP contribution in [0.4, 0.5) is 0 Å². The van der Waals surface area contributed by atoms with Crippen molar-refractivity contribution in [2.45, 2.75) is 43.9 Å². The third-order valence-electron chi connectivity index (χ3n) is 3.95. The van der Waals surface area contributed by atoms with E-state index in [0.717, 1.165) is 23.3 Å². The molecular weight excluding hydrogens is 332 g/mol. The smallest absolute Gasteiger partial charge is 0.346 e. The molecule has 0 aliphatic carbocycles. The van der Waals surface area contributed by atoms with Crippen molar-refractivity contribution in [2.75, 3.05) is 6.26 Å². The van der Waals surface area contributed by atoms with E-state index in [-0.39, 0.29) is 0 Å². The Kier molecular flexibility index (Phi) is 7.74. The monoisotopic (exact) mass is 356 g/mol. The molecule has 3 nitrogen and oxygen atoms in total. The van der Waals surface area contributed by atoms with Crippen LogP contribution in [0, 0.1) is 0 Å². The fraction of sp³-hybridized carbons (Fsp3) is 0.333. The third-order valence-corrected chi connectivity index (χ3v) is 4.66. The van der Waals surface area contributed by atoms with E-state index in [1.165, 1.54) is 19.3 Å². The average molecular weight is 356 g/mol. The molecule has 0 atom stereocenters. The number of rotatable bonds is 8. The maximum atomic E-state index is 12.4. The highest BCUT2D eigenvalue weighted by Crippen LogP contribution is 2.21. The van der Waals surface area contributed by atoms with Gasteiger partial charge in [-0.15, -0.1) is 11.8 Å². The lowest BCUT2D eigenvalue weighted by Crippen LogP contribution is -2.13. The number of aryl methyl sites for hydroxylation is 1. The van der Waals surface area contributed by atoms with Gasteiger partial charge in [-0.2, -0.15) is 0 Å². The molecule has 0 amide bonds. The molecule has 0 saturated carbocycles. The van der Waals surface area contributed by atoms with Gasteiger partial charge in [-0.1, -0.05) is 44.4 Å². The predicted molar refractivity (Wildman–Crippen MR) is 102 cm³/mol. The Hall–Kier alpha value is -2.07. The Morgan fingerprint density at radius 2 is 1.64 bits per heavy atom. The zero-order valence-electron chi connectivity index (χ0n) is 14.8. The summed E-state index contributed by atoms with van der Waals surface area (Å²) < 4.78 is 5.03. The van der Waals surface area contributed by atoms with Crippen molar-refractivity contribution >= 4 is 23.7 Å². The van der Waals surface area contributed by atoms with Crippen LogP contribution < -0.4 is 0 Å². The summed E-state index contributed by atoms with van der Waals surface area (Å²) in [6.07, 6.45) is 7.61. The summed E-state index contributed by atoms with van der Waals surface area (Å²) >= 11 is 1.58. The summed E-state index contributed by atoms with van der Waals surface area (Å²) in [7, 11) is 0. The largest absolute Gasteiger partial charge is 0.386 e. The molecule has 2 aromatic rings. The minimum absolute atomic E-state index is 0.372. The van der Waals surface area contributed by atoms with Gasteiger partial charge < -0.3 is 4.74 Å². The highest BCUT2D eigenvalue weighted by Gasteiger charge is 2.16. The first-order chi connectivity index (χ1) is 12.1. The second-order valence-corrected chi connectivity index (χ2v) is 6.80. The lowest BCUT2D eigenvalue weighted by atomic mass is 10.0. The van der Waals surface area contributed by atoms with Crippen LogP contribution in [0.25, 0.3) is 0 Å². The van der Waals surface area contributed by atoms with Gasteiger partial charge in [-0.3, -0.25) is 0 Å². The molecule has 0 radical (unpaired) electrons. The van der Waals surface area contributed by atoms with Gasteiger partial charge in [0.1, 0.15) is 0 Å². The summed E-state index contributed by atoms with van der Waals surface area (Å²) in [5, 5.41) is 0. The van der Waals surface area contributed by atoms with Crippen molar-refractivity contribution in [3.05, 3.63) is 65.2 Å². The highest BCUT2D eigenvalue weighted by atomic mass is 32.2. The van der Waals surface area contributed by atoms with Crippen LogP contribution in [-0.2, 0) is 11.2 Å². The number of esters is 2. The van der Waals surface area contributed by atoms with E-state index < -0.39 is 11.9 Å². The van der Waals surface area contributed by atoms with Gasteiger partial charge >= 0.3 is 11.9 Å². The number of thioether (sulfide) groups is 1. The van der Waals surface area contributed by atoms with Gasteiger partial charge in [0.05, 0.1) is 11.1 Å². The predicted octanol–water partition coefficient (Wildman–Crippen LogP) is 5.53. The second-order valence-electron chi connectivity index (χ2n) is 5.92. The first-order valence-corrected chi connectivity index (χ1v) is 9.86. The van der Waals surface area contributed by atoms with E-state index in [9.17, 15) is 9.59 Å². The first kappa shape index (κ1) is 19.3. The molecule has 0 spiro atoms. The van der Waals surface area contributed by atoms with Crippen LogP contribution in [0.15, 0.2) is 53.4 Å². The number of benzene rings is 2. The van der Waals surface area contributed by atoms with Gasteiger partial charge in [0.25, 0.3) is 0 Å². The second kappa shape index (κ2) is 10.0. The Labute approximate surface area is 153 Å². The molecule has 0 aliphatic rings. The van der Waals surface area contributed by atoms with Gasteiger partial charge in [-0.25, -0.2) is 9.59 Å². The van der Waals surface area contributed by atoms with Gasteiger partial charge in [0.15, 0.2) is 0 Å². The standard InChI is InChI=1S/C21H24O3S/c1-3-4-5-7-10-16-13-18(15-19(14-16)25-2)21(23)24-20(22)17-11-8-6-9-12-17/h6,8-9,11-15H,3-5,7,10H2,1-2H3. The number of ether oxygens (including phenoxy) is 1. The van der Waals surface area contributed by atoms with Crippen LogP contribution in [0.1, 0.15) is 58.9 Å². The summed E-state index contributed by atoms with van der Waals surface area (Å²) in [6, 6.07) is 14.3. The molecule has 132 valence electrons. The lowest BCUT2D eigenvalue weighted by Gasteiger charge is -2.08. The quantitative estimate of drug-likeness (QED) is 0.270. The Balaban J connectivity index is 2.08. The van der Waals surface area contributed by atoms with Crippen LogP contribution in [-0.4, -0.2) is 18.2 Å². The molecule has 0 aromatic heterocycles. The molecule has 4 heteroatoms. The normalized spacial score (nSPS) is 10.5. The zero-order valence-corrected chi connectivity index (χ0v) is 15.6. The minimum atomic E-state index is -0.621. The Bertz CT molecular complexity index is 710. The maximum Gasteiger partial charge on any atom is 0.346 e. The van der Waals surface area contributed by atoms with Crippen LogP contribution in [0.3, 0.4) is 0 Å². The number of hydrogen-bond acceptors (Lipinski definition) is 4.